The quantitative estimate of drug-likeness (QED) is 0.719. The standard InChI is InChI=1S/C26H34N4O5/c1-17-14-30(25(32)11-20-7-6-10-27-13-20)18(2)16-35-23-12-21(28-19(3)31)8-9-22(23)26(33)29(4)15-24(17)34-5/h6-10,12-13,17-18,24H,11,14-16H2,1-5H3,(H,28,31)/t17-,18-,24-/m1/s1. The molecule has 0 radical (unpaired) electrons. The van der Waals surface area contributed by atoms with Crippen molar-refractivity contribution in [3.8, 4) is 5.75 Å². The molecule has 1 aromatic heterocycles. The van der Waals surface area contributed by atoms with Crippen LogP contribution in [0.15, 0.2) is 42.7 Å². The summed E-state index contributed by atoms with van der Waals surface area (Å²) < 4.78 is 11.8. The van der Waals surface area contributed by atoms with Gasteiger partial charge in [-0.15, -0.1) is 0 Å². The van der Waals surface area contributed by atoms with Gasteiger partial charge in [0, 0.05) is 64.2 Å². The summed E-state index contributed by atoms with van der Waals surface area (Å²) in [5, 5.41) is 2.72. The second-order valence-corrected chi connectivity index (χ2v) is 9.07. The molecule has 9 heteroatoms. The zero-order chi connectivity index (χ0) is 25.5. The first-order valence-corrected chi connectivity index (χ1v) is 11.7. The molecule has 0 spiro atoms. The normalized spacial score (nSPS) is 21.3. The number of ether oxygens (including phenoxy) is 2. The van der Waals surface area contributed by atoms with Gasteiger partial charge in [-0.25, -0.2) is 0 Å². The monoisotopic (exact) mass is 482 g/mol. The van der Waals surface area contributed by atoms with E-state index >= 15 is 0 Å². The molecule has 0 saturated carbocycles. The molecule has 3 amide bonds. The highest BCUT2D eigenvalue weighted by Crippen LogP contribution is 2.27. The molecule has 0 aliphatic carbocycles. The number of aromatic nitrogens is 1. The molecule has 1 aromatic carbocycles. The van der Waals surface area contributed by atoms with Crippen LogP contribution in [-0.4, -0.2) is 78.5 Å². The van der Waals surface area contributed by atoms with E-state index in [0.29, 0.717) is 30.1 Å². The molecule has 35 heavy (non-hydrogen) atoms. The van der Waals surface area contributed by atoms with E-state index in [-0.39, 0.29) is 48.8 Å². The Bertz CT molecular complexity index is 1050. The van der Waals surface area contributed by atoms with Gasteiger partial charge in [0.05, 0.1) is 24.1 Å². The summed E-state index contributed by atoms with van der Waals surface area (Å²) in [6.07, 6.45) is 3.32. The molecule has 9 nitrogen and oxygen atoms in total. The molecule has 1 N–H and O–H groups in total. The topological polar surface area (TPSA) is 101 Å². The minimum Gasteiger partial charge on any atom is -0.491 e. The van der Waals surface area contributed by atoms with Crippen LogP contribution >= 0.6 is 0 Å². The summed E-state index contributed by atoms with van der Waals surface area (Å²) in [4.78, 5) is 45.7. The molecule has 0 saturated heterocycles. The Balaban J connectivity index is 1.94. The van der Waals surface area contributed by atoms with Crippen LogP contribution in [0.25, 0.3) is 0 Å². The first kappa shape index (κ1) is 26.2. The number of carbonyl (C=O) groups is 3. The van der Waals surface area contributed by atoms with Crippen molar-refractivity contribution < 1.29 is 23.9 Å². The molecule has 1 aliphatic rings. The van der Waals surface area contributed by atoms with Crippen LogP contribution in [-0.2, 0) is 20.7 Å². The Labute approximate surface area is 206 Å². The van der Waals surface area contributed by atoms with Crippen molar-refractivity contribution in [2.75, 3.05) is 39.2 Å². The second-order valence-electron chi connectivity index (χ2n) is 9.07. The maximum absolute atomic E-state index is 13.4. The highest BCUT2D eigenvalue weighted by molar-refractivity contribution is 5.98. The molecule has 188 valence electrons. The second kappa shape index (κ2) is 11.8. The number of hydrogen-bond acceptors (Lipinski definition) is 6. The van der Waals surface area contributed by atoms with Crippen LogP contribution in [0.2, 0.25) is 0 Å². The van der Waals surface area contributed by atoms with E-state index in [1.807, 2.05) is 30.9 Å². The van der Waals surface area contributed by atoms with Gasteiger partial charge in [-0.3, -0.25) is 19.4 Å². The van der Waals surface area contributed by atoms with Crippen molar-refractivity contribution in [3.63, 3.8) is 0 Å². The summed E-state index contributed by atoms with van der Waals surface area (Å²) in [5.74, 6) is -0.149. The van der Waals surface area contributed by atoms with Crippen LogP contribution in [0.4, 0.5) is 5.69 Å². The number of methoxy groups -OCH3 is 1. The summed E-state index contributed by atoms with van der Waals surface area (Å²) in [7, 11) is 3.33. The molecule has 2 aromatic rings. The fourth-order valence-corrected chi connectivity index (χ4v) is 4.18. The van der Waals surface area contributed by atoms with E-state index in [9.17, 15) is 14.4 Å². The van der Waals surface area contributed by atoms with Crippen molar-refractivity contribution in [1.29, 1.82) is 0 Å². The van der Waals surface area contributed by atoms with Crippen LogP contribution in [0.1, 0.15) is 36.7 Å². The molecule has 0 bridgehead atoms. The van der Waals surface area contributed by atoms with E-state index in [1.165, 1.54) is 6.92 Å². The third-order valence-electron chi connectivity index (χ3n) is 6.17. The zero-order valence-electron chi connectivity index (χ0n) is 21.0. The van der Waals surface area contributed by atoms with Gasteiger partial charge in [-0.05, 0) is 30.7 Å². The Morgan fingerprint density at radius 2 is 2.00 bits per heavy atom. The van der Waals surface area contributed by atoms with Crippen molar-refractivity contribution in [1.82, 2.24) is 14.8 Å². The molecular weight excluding hydrogens is 448 g/mol. The number of nitrogens with one attached hydrogen (secondary N) is 1. The maximum atomic E-state index is 13.4. The fraction of sp³-hybridized carbons (Fsp3) is 0.462. The predicted octanol–water partition coefficient (Wildman–Crippen LogP) is 2.62. The maximum Gasteiger partial charge on any atom is 0.257 e. The van der Waals surface area contributed by atoms with Crippen molar-refractivity contribution in [2.24, 2.45) is 5.92 Å². The Hall–Kier alpha value is -3.46. The molecular formula is C26H34N4O5. The van der Waals surface area contributed by atoms with E-state index < -0.39 is 0 Å². The lowest BCUT2D eigenvalue weighted by molar-refractivity contribution is -0.134. The van der Waals surface area contributed by atoms with Gasteiger partial charge in [0.2, 0.25) is 11.8 Å². The first-order chi connectivity index (χ1) is 16.7. The summed E-state index contributed by atoms with van der Waals surface area (Å²) in [6.45, 7) is 6.33. The lowest BCUT2D eigenvalue weighted by Gasteiger charge is -2.36. The number of anilines is 1. The average Bonchev–Trinajstić information content (AvgIpc) is 2.83. The third-order valence-corrected chi connectivity index (χ3v) is 6.17. The van der Waals surface area contributed by atoms with E-state index in [1.54, 1.807) is 49.7 Å². The number of rotatable bonds is 4. The number of nitrogens with zero attached hydrogens (tertiary/aromatic N) is 3. The van der Waals surface area contributed by atoms with Crippen molar-refractivity contribution >= 4 is 23.4 Å². The smallest absolute Gasteiger partial charge is 0.257 e. The molecule has 3 rings (SSSR count). The number of pyridine rings is 1. The van der Waals surface area contributed by atoms with Gasteiger partial charge in [0.15, 0.2) is 0 Å². The van der Waals surface area contributed by atoms with Crippen LogP contribution in [0, 0.1) is 5.92 Å². The summed E-state index contributed by atoms with van der Waals surface area (Å²) >= 11 is 0. The summed E-state index contributed by atoms with van der Waals surface area (Å²) in [5.41, 5.74) is 1.74. The summed E-state index contributed by atoms with van der Waals surface area (Å²) in [6, 6.07) is 8.37. The minimum atomic E-state index is -0.274. The van der Waals surface area contributed by atoms with Gasteiger partial charge in [-0.2, -0.15) is 0 Å². The number of carbonyl (C=O) groups excluding carboxylic acids is 3. The number of fused-ring (bicyclic) bond motifs is 1. The van der Waals surface area contributed by atoms with Crippen LogP contribution < -0.4 is 10.1 Å². The largest absolute Gasteiger partial charge is 0.491 e. The Morgan fingerprint density at radius 1 is 1.23 bits per heavy atom. The number of hydrogen-bond donors (Lipinski definition) is 1. The van der Waals surface area contributed by atoms with Crippen molar-refractivity contribution in [2.45, 2.75) is 39.3 Å². The van der Waals surface area contributed by atoms with Crippen molar-refractivity contribution in [3.05, 3.63) is 53.9 Å². The highest BCUT2D eigenvalue weighted by Gasteiger charge is 2.30. The van der Waals surface area contributed by atoms with E-state index in [0.717, 1.165) is 5.56 Å². The van der Waals surface area contributed by atoms with Gasteiger partial charge in [0.25, 0.3) is 5.91 Å². The SMILES string of the molecule is CO[C@@H]1CN(C)C(=O)c2ccc(NC(C)=O)cc2OC[C@@H](C)N(C(=O)Cc2cccnc2)C[C@H]1C. The van der Waals surface area contributed by atoms with Gasteiger partial charge >= 0.3 is 0 Å². The van der Waals surface area contributed by atoms with Crippen LogP contribution in [0.3, 0.4) is 0 Å². The van der Waals surface area contributed by atoms with Gasteiger partial charge < -0.3 is 24.6 Å². The Kier molecular flexibility index (Phi) is 8.81. The number of benzene rings is 1. The fourth-order valence-electron chi connectivity index (χ4n) is 4.18. The molecule has 3 atom stereocenters. The van der Waals surface area contributed by atoms with E-state index in [2.05, 4.69) is 10.3 Å². The zero-order valence-corrected chi connectivity index (χ0v) is 21.0. The Morgan fingerprint density at radius 3 is 2.66 bits per heavy atom. The number of amides is 3. The minimum absolute atomic E-state index is 0.0309. The molecule has 0 fully saturated rings. The molecule has 0 unspecified atom stereocenters. The van der Waals surface area contributed by atoms with Gasteiger partial charge in [-0.1, -0.05) is 13.0 Å². The van der Waals surface area contributed by atoms with Gasteiger partial charge in [0.1, 0.15) is 12.4 Å². The highest BCUT2D eigenvalue weighted by atomic mass is 16.5. The first-order valence-electron chi connectivity index (χ1n) is 11.7. The lowest BCUT2D eigenvalue weighted by Crippen LogP contribution is -2.49. The molecule has 2 heterocycles. The predicted molar refractivity (Wildman–Crippen MR) is 132 cm³/mol. The average molecular weight is 483 g/mol. The van der Waals surface area contributed by atoms with Crippen LogP contribution in [0.5, 0.6) is 5.75 Å². The lowest BCUT2D eigenvalue weighted by atomic mass is 10.0. The van der Waals surface area contributed by atoms with E-state index in [4.69, 9.17) is 9.47 Å². The third kappa shape index (κ3) is 6.79. The number of likely N-dealkylation sites (N-methyl/N-ethyl adjacent to an activating group) is 1. The molecule has 1 aliphatic heterocycles.